The molecule has 2 heterocycles. The van der Waals surface area contributed by atoms with Gasteiger partial charge in [-0.2, -0.15) is 5.26 Å². The van der Waals surface area contributed by atoms with Gasteiger partial charge in [0.25, 0.3) is 0 Å². The maximum absolute atomic E-state index is 13.3. The van der Waals surface area contributed by atoms with E-state index in [2.05, 4.69) is 23.1 Å². The number of esters is 4. The van der Waals surface area contributed by atoms with Gasteiger partial charge in [0.1, 0.15) is 11.5 Å². The Morgan fingerprint density at radius 1 is 0.446 bits per heavy atom. The molecule has 0 fully saturated rings. The summed E-state index contributed by atoms with van der Waals surface area (Å²) in [7, 11) is 0. The molecule has 2 aromatic heterocycles. The molecule has 74 heavy (non-hydrogen) atoms. The summed E-state index contributed by atoms with van der Waals surface area (Å²) in [5.74, 6) is -0.751. The number of rotatable bonds is 36. The normalized spacial score (nSPS) is 10.7. The van der Waals surface area contributed by atoms with Gasteiger partial charge >= 0.3 is 23.9 Å². The van der Waals surface area contributed by atoms with Crippen LogP contribution in [-0.2, 0) is 19.1 Å². The Labute approximate surface area is 436 Å². The number of hydrogen-bond acceptors (Lipinski definition) is 13. The van der Waals surface area contributed by atoms with E-state index in [1.54, 1.807) is 24.3 Å². The number of unbranched alkanes of at least 4 members (excludes halogenated alkanes) is 18. The van der Waals surface area contributed by atoms with E-state index in [9.17, 15) is 24.4 Å². The molecule has 5 aromatic rings. The average molecular weight is 1010 g/mol. The zero-order valence-electron chi connectivity index (χ0n) is 42.8. The molecule has 13 heteroatoms. The van der Waals surface area contributed by atoms with Gasteiger partial charge in [0.15, 0.2) is 11.5 Å². The van der Waals surface area contributed by atoms with Crippen molar-refractivity contribution in [3.8, 4) is 51.6 Å². The van der Waals surface area contributed by atoms with Gasteiger partial charge in [0.05, 0.1) is 60.6 Å². The summed E-state index contributed by atoms with van der Waals surface area (Å²) in [6.45, 7) is 9.03. The molecule has 3 aromatic carbocycles. The summed E-state index contributed by atoms with van der Waals surface area (Å²) in [5.41, 5.74) is 3.57. The molecule has 0 aliphatic heterocycles. The number of nitriles is 1. The predicted molar refractivity (Wildman–Crippen MR) is 286 cm³/mol. The molecule has 0 amide bonds. The molecule has 5 rings (SSSR count). The average Bonchev–Trinajstić information content (AvgIpc) is 3.43. The quantitative estimate of drug-likeness (QED) is 0.0161. The van der Waals surface area contributed by atoms with Gasteiger partial charge in [-0.15, -0.1) is 0 Å². The van der Waals surface area contributed by atoms with E-state index in [0.29, 0.717) is 37.8 Å². The number of nitrogens with zero attached hydrogens (tertiary/aromatic N) is 3. The second-order valence-electron chi connectivity index (χ2n) is 18.0. The van der Waals surface area contributed by atoms with Crippen LogP contribution in [0.3, 0.4) is 0 Å². The smallest absolute Gasteiger partial charge is 0.345 e. The van der Waals surface area contributed by atoms with Crippen LogP contribution in [0.4, 0.5) is 0 Å². The van der Waals surface area contributed by atoms with Gasteiger partial charge in [-0.3, -0.25) is 9.97 Å². The second-order valence-corrected chi connectivity index (χ2v) is 18.0. The third-order valence-electron chi connectivity index (χ3n) is 12.2. The molecule has 0 saturated carbocycles. The van der Waals surface area contributed by atoms with Crippen LogP contribution in [0, 0.1) is 11.3 Å². The molecule has 0 atom stereocenters. The lowest BCUT2D eigenvalue weighted by Gasteiger charge is -2.11. The Kier molecular flexibility index (Phi) is 26.3. The van der Waals surface area contributed by atoms with E-state index in [1.807, 2.05) is 54.6 Å². The number of ether oxygens (including phenoxy) is 6. The van der Waals surface area contributed by atoms with E-state index in [4.69, 9.17) is 28.4 Å². The second kappa shape index (κ2) is 33.9. The minimum absolute atomic E-state index is 0.0409. The lowest BCUT2D eigenvalue weighted by Crippen LogP contribution is -2.13. The zero-order chi connectivity index (χ0) is 52.4. The molecule has 13 nitrogen and oxygen atoms in total. The Hall–Kier alpha value is -7.59. The summed E-state index contributed by atoms with van der Waals surface area (Å²) in [4.78, 5) is 57.7. The first-order valence-corrected chi connectivity index (χ1v) is 26.2. The fraction of sp³-hybridized carbons (Fsp3) is 0.393. The number of aromatic nitrogens is 2. The molecule has 0 bridgehead atoms. The van der Waals surface area contributed by atoms with Gasteiger partial charge in [-0.1, -0.05) is 116 Å². The molecule has 0 radical (unpaired) electrons. The fourth-order valence-corrected chi connectivity index (χ4v) is 7.95. The largest absolute Gasteiger partial charge is 0.494 e. The molecule has 0 N–H and O–H groups in total. The van der Waals surface area contributed by atoms with E-state index in [0.717, 1.165) is 86.8 Å². The molecule has 0 saturated heterocycles. The topological polar surface area (TPSA) is 173 Å². The number of benzene rings is 3. The van der Waals surface area contributed by atoms with Crippen molar-refractivity contribution in [2.45, 2.75) is 128 Å². The third-order valence-corrected chi connectivity index (χ3v) is 12.2. The van der Waals surface area contributed by atoms with Crippen LogP contribution in [0.1, 0.15) is 155 Å². The van der Waals surface area contributed by atoms with Crippen molar-refractivity contribution < 1.29 is 47.6 Å². The van der Waals surface area contributed by atoms with Crippen molar-refractivity contribution in [1.29, 1.82) is 5.26 Å². The Bertz CT molecular complexity index is 2540. The summed E-state index contributed by atoms with van der Waals surface area (Å²) < 4.78 is 33.3. The van der Waals surface area contributed by atoms with Crippen LogP contribution < -0.4 is 18.9 Å². The zero-order valence-corrected chi connectivity index (χ0v) is 42.8. The maximum atomic E-state index is 13.3. The molecule has 0 aliphatic rings. The Balaban J connectivity index is 0.976. The van der Waals surface area contributed by atoms with Crippen molar-refractivity contribution in [3.63, 3.8) is 0 Å². The molecular weight excluding hydrogens is 935 g/mol. The van der Waals surface area contributed by atoms with Gasteiger partial charge < -0.3 is 28.4 Å². The summed E-state index contributed by atoms with van der Waals surface area (Å²) in [6.07, 6.45) is 27.9. The van der Waals surface area contributed by atoms with Crippen molar-refractivity contribution in [1.82, 2.24) is 9.97 Å². The predicted octanol–water partition coefficient (Wildman–Crippen LogP) is 14.1. The third kappa shape index (κ3) is 21.6. The van der Waals surface area contributed by atoms with Gasteiger partial charge in [0.2, 0.25) is 0 Å². The number of carbonyl (C=O) groups excluding carboxylic acids is 4. The first-order valence-electron chi connectivity index (χ1n) is 26.2. The molecular formula is C61H71N3O10. The van der Waals surface area contributed by atoms with Crippen LogP contribution in [0.2, 0.25) is 0 Å². The van der Waals surface area contributed by atoms with Gasteiger partial charge in [-0.05, 0) is 111 Å². The number of pyridine rings is 2. The van der Waals surface area contributed by atoms with Crippen LogP contribution >= 0.6 is 0 Å². The summed E-state index contributed by atoms with van der Waals surface area (Å²) in [5, 5.41) is 9.57. The minimum atomic E-state index is -0.742. The molecule has 0 unspecified atom stereocenters. The van der Waals surface area contributed by atoms with Crippen molar-refractivity contribution in [3.05, 3.63) is 145 Å². The minimum Gasteiger partial charge on any atom is -0.494 e. The molecule has 0 aliphatic carbocycles. The monoisotopic (exact) mass is 1010 g/mol. The van der Waals surface area contributed by atoms with Crippen LogP contribution in [0.5, 0.6) is 23.0 Å². The van der Waals surface area contributed by atoms with Gasteiger partial charge in [-0.25, -0.2) is 19.2 Å². The molecule has 390 valence electrons. The van der Waals surface area contributed by atoms with E-state index in [1.165, 1.54) is 107 Å². The van der Waals surface area contributed by atoms with Crippen LogP contribution in [0.25, 0.3) is 22.5 Å². The van der Waals surface area contributed by atoms with E-state index in [-0.39, 0.29) is 40.1 Å². The summed E-state index contributed by atoms with van der Waals surface area (Å²) >= 11 is 0. The first kappa shape index (κ1) is 57.3. The fourth-order valence-electron chi connectivity index (χ4n) is 7.95. The maximum Gasteiger partial charge on any atom is 0.345 e. The van der Waals surface area contributed by atoms with Crippen molar-refractivity contribution >= 4 is 23.9 Å². The number of hydrogen-bond donors (Lipinski definition) is 0. The summed E-state index contributed by atoms with van der Waals surface area (Å²) in [6, 6.07) is 28.2. The van der Waals surface area contributed by atoms with E-state index < -0.39 is 11.9 Å². The van der Waals surface area contributed by atoms with Crippen molar-refractivity contribution in [2.75, 3.05) is 26.4 Å². The lowest BCUT2D eigenvalue weighted by atomic mass is 10.1. The van der Waals surface area contributed by atoms with E-state index >= 15 is 0 Å². The highest BCUT2D eigenvalue weighted by molar-refractivity contribution is 5.93. The van der Waals surface area contributed by atoms with Crippen LogP contribution in [-0.4, -0.2) is 60.3 Å². The molecule has 0 spiro atoms. The van der Waals surface area contributed by atoms with Crippen LogP contribution in [0.15, 0.2) is 129 Å². The highest BCUT2D eigenvalue weighted by atomic mass is 16.6. The lowest BCUT2D eigenvalue weighted by molar-refractivity contribution is -0.138. The van der Waals surface area contributed by atoms with Gasteiger partial charge in [0, 0.05) is 41.7 Å². The first-order chi connectivity index (χ1) is 36.3. The highest BCUT2D eigenvalue weighted by Gasteiger charge is 2.19. The van der Waals surface area contributed by atoms with Crippen molar-refractivity contribution in [2.24, 2.45) is 0 Å². The SMILES string of the molecule is C=CC(=O)OCCCCCCCCCCCCOc1ccc(-c2ccc(C(=O)Oc3ccc(C#N)cc3OC(=O)c3ccc(-c4ccc(OCCCCCCCCCCCCOC(=O)C=C)cc4)nc3)cn2)cc1. The Morgan fingerprint density at radius 3 is 1.16 bits per heavy atom. The number of carbonyl (C=O) groups is 4. The highest BCUT2D eigenvalue weighted by Crippen LogP contribution is 2.31. The Morgan fingerprint density at radius 2 is 0.811 bits per heavy atom. The standard InChI is InChI=1S/C61H71N3O10/c1-3-58(65)71-41-23-19-15-11-7-5-9-13-17-21-39-69-52-32-26-48(27-33-52)54-36-30-50(45-63-54)60(67)73-56-38-25-47(44-62)43-57(56)74-61(68)51-31-37-55(64-46-51)49-28-34-53(35-29-49)70-40-22-18-14-10-6-8-12-16-20-24-42-72-59(66)4-2/h3-4,25-38,43,45-46H,1-2,5-24,39-42H2.